The third-order valence-electron chi connectivity index (χ3n) is 7.13. The topological polar surface area (TPSA) is 156 Å². The van der Waals surface area contributed by atoms with Gasteiger partial charge in [0.2, 0.25) is 5.91 Å². The Morgan fingerprint density at radius 3 is 1.56 bits per heavy atom. The van der Waals surface area contributed by atoms with E-state index in [0.717, 1.165) is 5.56 Å². The van der Waals surface area contributed by atoms with Gasteiger partial charge in [-0.25, -0.2) is 5.43 Å². The monoisotopic (exact) mass is 696 g/mol. The lowest BCUT2D eigenvalue weighted by atomic mass is 10.2. The molecule has 1 fully saturated rings. The van der Waals surface area contributed by atoms with Crippen molar-refractivity contribution in [2.24, 2.45) is 10.2 Å². The molecule has 1 amide bonds. The fourth-order valence-electron chi connectivity index (χ4n) is 5.05. The largest absolute Gasteiger partial charge is 0.508 e. The van der Waals surface area contributed by atoms with Gasteiger partial charge in [0.25, 0.3) is 0 Å². The molecule has 1 heterocycles. The SMILES string of the molecule is CC(=O)Oc1ccccc1/C=N\N=C/c1ccccc1OC(C)=O.CC(=O)Oc1ccccc1[C@H]1NN(C(C)=O)[C@H](c2ccccc2O)P1C. The average molecular weight is 697 g/mol. The molecule has 0 aliphatic carbocycles. The van der Waals surface area contributed by atoms with Crippen molar-refractivity contribution < 1.29 is 38.5 Å². The number of phenolic OH excluding ortho intramolecular Hbond substituents is 1. The molecule has 13 heteroatoms. The van der Waals surface area contributed by atoms with Crippen LogP contribution in [0.25, 0.3) is 0 Å². The van der Waals surface area contributed by atoms with Gasteiger partial charge in [0.15, 0.2) is 0 Å². The number of ether oxygens (including phenoxy) is 3. The van der Waals surface area contributed by atoms with Gasteiger partial charge < -0.3 is 19.3 Å². The van der Waals surface area contributed by atoms with Gasteiger partial charge >= 0.3 is 17.9 Å². The Hall–Kier alpha value is -5.71. The fourth-order valence-corrected chi connectivity index (χ4v) is 7.54. The molecular formula is C37H37N4O8P. The molecule has 5 rings (SSSR count). The molecule has 12 nitrogen and oxygen atoms in total. The molecule has 1 aliphatic heterocycles. The molecule has 0 bridgehead atoms. The highest BCUT2D eigenvalue weighted by atomic mass is 31.1. The molecule has 1 saturated heterocycles. The van der Waals surface area contributed by atoms with Gasteiger partial charge in [-0.05, 0) is 43.1 Å². The summed E-state index contributed by atoms with van der Waals surface area (Å²) in [5.74, 6) is -0.357. The maximum Gasteiger partial charge on any atom is 0.308 e. The van der Waals surface area contributed by atoms with Crippen LogP contribution in [-0.4, -0.2) is 53.0 Å². The van der Waals surface area contributed by atoms with E-state index in [0.29, 0.717) is 33.9 Å². The van der Waals surface area contributed by atoms with Crippen LogP contribution in [0, 0.1) is 0 Å². The Morgan fingerprint density at radius 1 is 0.660 bits per heavy atom. The quantitative estimate of drug-likeness (QED) is 0.0692. The van der Waals surface area contributed by atoms with Crippen LogP contribution in [0.1, 0.15) is 61.5 Å². The molecule has 1 aliphatic rings. The number of nitrogens with zero attached hydrogens (tertiary/aromatic N) is 3. The number of hydrogen-bond acceptors (Lipinski definition) is 11. The van der Waals surface area contributed by atoms with Crippen molar-refractivity contribution in [1.82, 2.24) is 10.4 Å². The number of esters is 3. The Bertz CT molecular complexity index is 1850. The van der Waals surface area contributed by atoms with E-state index in [4.69, 9.17) is 14.2 Å². The van der Waals surface area contributed by atoms with Crippen molar-refractivity contribution in [3.05, 3.63) is 119 Å². The van der Waals surface area contributed by atoms with E-state index in [9.17, 15) is 24.3 Å². The highest BCUT2D eigenvalue weighted by Gasteiger charge is 2.43. The zero-order valence-electron chi connectivity index (χ0n) is 28.1. The van der Waals surface area contributed by atoms with Crippen molar-refractivity contribution in [2.75, 3.05) is 6.66 Å². The second-order valence-electron chi connectivity index (χ2n) is 10.9. The van der Waals surface area contributed by atoms with Gasteiger partial charge in [0, 0.05) is 49.9 Å². The molecule has 1 unspecified atom stereocenters. The summed E-state index contributed by atoms with van der Waals surface area (Å²) < 4.78 is 15.5. The molecule has 2 N–H and O–H groups in total. The Kier molecular flexibility index (Phi) is 13.1. The normalized spacial score (nSPS) is 16.8. The number of amides is 1. The van der Waals surface area contributed by atoms with Gasteiger partial charge in [-0.3, -0.25) is 24.2 Å². The fraction of sp³-hybridized carbons (Fsp3) is 0.189. The number of hydrazine groups is 1. The van der Waals surface area contributed by atoms with Crippen LogP contribution in [0.5, 0.6) is 23.0 Å². The first-order valence-electron chi connectivity index (χ1n) is 15.4. The number of hydrogen-bond donors (Lipinski definition) is 2. The summed E-state index contributed by atoms with van der Waals surface area (Å²) in [6.07, 6.45) is 2.95. The molecule has 4 aromatic rings. The molecule has 0 spiro atoms. The minimum Gasteiger partial charge on any atom is -0.508 e. The summed E-state index contributed by atoms with van der Waals surface area (Å²) in [4.78, 5) is 45.8. The van der Waals surface area contributed by atoms with Crippen LogP contribution in [-0.2, 0) is 19.2 Å². The highest BCUT2D eigenvalue weighted by molar-refractivity contribution is 7.57. The molecule has 0 aromatic heterocycles. The number of rotatable bonds is 8. The van der Waals surface area contributed by atoms with E-state index in [2.05, 4.69) is 22.3 Å². The van der Waals surface area contributed by atoms with E-state index >= 15 is 0 Å². The lowest BCUT2D eigenvalue weighted by molar-refractivity contribution is -0.133. The molecule has 50 heavy (non-hydrogen) atoms. The van der Waals surface area contributed by atoms with Crippen molar-refractivity contribution in [1.29, 1.82) is 0 Å². The average Bonchev–Trinajstić information content (AvgIpc) is 3.41. The molecule has 0 radical (unpaired) electrons. The summed E-state index contributed by atoms with van der Waals surface area (Å²) in [6.45, 7) is 7.58. The number of aromatic hydroxyl groups is 1. The van der Waals surface area contributed by atoms with Crippen LogP contribution in [0.2, 0.25) is 0 Å². The number of phenols is 1. The smallest absolute Gasteiger partial charge is 0.308 e. The van der Waals surface area contributed by atoms with Gasteiger partial charge in [-0.2, -0.15) is 10.2 Å². The Morgan fingerprint density at radius 2 is 1.08 bits per heavy atom. The van der Waals surface area contributed by atoms with Gasteiger partial charge in [0.1, 0.15) is 23.0 Å². The number of benzene rings is 4. The molecule has 4 aromatic carbocycles. The van der Waals surface area contributed by atoms with Gasteiger partial charge in [0.05, 0.1) is 24.0 Å². The summed E-state index contributed by atoms with van der Waals surface area (Å²) in [7, 11) is -0.831. The Labute approximate surface area is 291 Å². The van der Waals surface area contributed by atoms with E-state index in [1.807, 2.05) is 24.3 Å². The van der Waals surface area contributed by atoms with Crippen molar-refractivity contribution in [3.8, 4) is 23.0 Å². The second kappa shape index (κ2) is 17.6. The van der Waals surface area contributed by atoms with Gasteiger partial charge in [-0.15, -0.1) is 0 Å². The Balaban J connectivity index is 0.000000226. The number of carbonyl (C=O) groups is 4. The van der Waals surface area contributed by atoms with Crippen molar-refractivity contribution >= 4 is 44.2 Å². The zero-order valence-corrected chi connectivity index (χ0v) is 29.0. The summed E-state index contributed by atoms with van der Waals surface area (Å²) in [5, 5.41) is 19.7. The van der Waals surface area contributed by atoms with Crippen LogP contribution >= 0.6 is 7.92 Å². The maximum absolute atomic E-state index is 12.2. The molecule has 3 atom stereocenters. The molecule has 0 saturated carbocycles. The highest BCUT2D eigenvalue weighted by Crippen LogP contribution is 2.65. The van der Waals surface area contributed by atoms with E-state index < -0.39 is 25.8 Å². The van der Waals surface area contributed by atoms with E-state index in [-0.39, 0.29) is 23.2 Å². The van der Waals surface area contributed by atoms with Crippen LogP contribution in [0.3, 0.4) is 0 Å². The third-order valence-corrected chi connectivity index (χ3v) is 9.61. The summed E-state index contributed by atoms with van der Waals surface area (Å²) >= 11 is 0. The first-order chi connectivity index (χ1) is 24.0. The first kappa shape index (κ1) is 37.1. The van der Waals surface area contributed by atoms with Crippen LogP contribution in [0.15, 0.2) is 107 Å². The van der Waals surface area contributed by atoms with Crippen molar-refractivity contribution in [2.45, 2.75) is 39.3 Å². The second-order valence-corrected chi connectivity index (χ2v) is 13.2. The van der Waals surface area contributed by atoms with Crippen LogP contribution < -0.4 is 19.6 Å². The summed E-state index contributed by atoms with van der Waals surface area (Å²) in [6, 6.07) is 28.3. The van der Waals surface area contributed by atoms with Crippen LogP contribution in [0.4, 0.5) is 0 Å². The summed E-state index contributed by atoms with van der Waals surface area (Å²) in [5.41, 5.74) is 6.03. The number of nitrogens with one attached hydrogen (secondary N) is 1. The minimum atomic E-state index is -0.831. The minimum absolute atomic E-state index is 0.139. The third kappa shape index (κ3) is 9.91. The lowest BCUT2D eigenvalue weighted by Crippen LogP contribution is -2.37. The van der Waals surface area contributed by atoms with E-state index in [1.54, 1.807) is 77.8 Å². The molecule has 258 valence electrons. The lowest BCUT2D eigenvalue weighted by Gasteiger charge is -2.25. The number of carbonyl (C=O) groups excluding carboxylic acids is 4. The standard InChI is InChI=1S/C19H21N2O4P.C18H16N2O4/c1-12(22)21-19(14-8-4-6-10-16(14)24)26(3)18(20-21)15-9-5-7-11-17(15)25-13(2)23;1-13(21)23-17-9-5-3-7-15(17)11-19-20-12-16-8-4-6-10-18(16)24-14(2)22/h4-11,18-20,24H,1-3H3;3-12H,1-2H3/b;19-11-,20-12-/t18-,19-,26?;/m0./s1. The number of para-hydroxylation sites is 4. The zero-order chi connectivity index (χ0) is 36.2. The van der Waals surface area contributed by atoms with E-state index in [1.165, 1.54) is 40.1 Å². The predicted octanol–water partition coefficient (Wildman–Crippen LogP) is 6.48. The van der Waals surface area contributed by atoms with Crippen molar-refractivity contribution in [3.63, 3.8) is 0 Å². The predicted molar refractivity (Wildman–Crippen MR) is 191 cm³/mol. The van der Waals surface area contributed by atoms with Gasteiger partial charge in [-0.1, -0.05) is 68.6 Å². The first-order valence-corrected chi connectivity index (χ1v) is 17.3. The maximum atomic E-state index is 12.2. The molecular weight excluding hydrogens is 659 g/mol.